The summed E-state index contributed by atoms with van der Waals surface area (Å²) in [6.07, 6.45) is 1.61. The summed E-state index contributed by atoms with van der Waals surface area (Å²) in [7, 11) is 0. The highest BCUT2D eigenvalue weighted by atomic mass is 16.6. The average molecular weight is 342 g/mol. The highest BCUT2D eigenvalue weighted by Gasteiger charge is 2.21. The topological polar surface area (TPSA) is 102 Å². The molecule has 2 aromatic rings. The molecule has 0 saturated carbocycles. The van der Waals surface area contributed by atoms with Gasteiger partial charge in [0.05, 0.1) is 17.1 Å². The lowest BCUT2D eigenvalue weighted by atomic mass is 9.99. The lowest BCUT2D eigenvalue weighted by Crippen LogP contribution is -2.20. The molecule has 0 amide bonds. The quantitative estimate of drug-likeness (QED) is 0.260. The molecule has 7 heteroatoms. The first kappa shape index (κ1) is 18.1. The van der Waals surface area contributed by atoms with Gasteiger partial charge in [-0.3, -0.25) is 14.9 Å². The standard InChI is InChI=1S/C18H18N2O5/c21-18(25-13-14-6-2-1-3-7-14)16(12-19-22)11-10-15-8-4-5-9-17(15)20(23)24/h1-9,12,16,22H,10-11,13H2/b19-12-. The van der Waals surface area contributed by atoms with Crippen LogP contribution >= 0.6 is 0 Å². The van der Waals surface area contributed by atoms with Crippen molar-refractivity contribution in [1.82, 2.24) is 0 Å². The van der Waals surface area contributed by atoms with Crippen LogP contribution in [0.2, 0.25) is 0 Å². The first-order chi connectivity index (χ1) is 12.1. The van der Waals surface area contributed by atoms with E-state index < -0.39 is 16.8 Å². The van der Waals surface area contributed by atoms with Gasteiger partial charge in [0, 0.05) is 11.6 Å². The van der Waals surface area contributed by atoms with Gasteiger partial charge in [-0.1, -0.05) is 48.5 Å². The fourth-order valence-corrected chi connectivity index (χ4v) is 2.38. The molecule has 7 nitrogen and oxygen atoms in total. The molecular weight excluding hydrogens is 324 g/mol. The number of rotatable bonds is 8. The second kappa shape index (κ2) is 9.17. The van der Waals surface area contributed by atoms with Gasteiger partial charge < -0.3 is 9.94 Å². The number of nitrogens with zero attached hydrogens (tertiary/aromatic N) is 2. The van der Waals surface area contributed by atoms with Gasteiger partial charge in [0.2, 0.25) is 0 Å². The van der Waals surface area contributed by atoms with Crippen molar-refractivity contribution in [3.8, 4) is 0 Å². The molecule has 1 unspecified atom stereocenters. The Morgan fingerprint density at radius 1 is 1.20 bits per heavy atom. The van der Waals surface area contributed by atoms with Crippen molar-refractivity contribution in [3.63, 3.8) is 0 Å². The van der Waals surface area contributed by atoms with Gasteiger partial charge in [0.1, 0.15) is 6.61 Å². The minimum Gasteiger partial charge on any atom is -0.460 e. The highest BCUT2D eigenvalue weighted by Crippen LogP contribution is 2.21. The van der Waals surface area contributed by atoms with E-state index in [1.807, 2.05) is 30.3 Å². The van der Waals surface area contributed by atoms with Gasteiger partial charge in [-0.25, -0.2) is 0 Å². The summed E-state index contributed by atoms with van der Waals surface area (Å²) in [5.41, 5.74) is 1.36. The zero-order valence-electron chi connectivity index (χ0n) is 13.4. The van der Waals surface area contributed by atoms with E-state index in [4.69, 9.17) is 9.94 Å². The lowest BCUT2D eigenvalue weighted by Gasteiger charge is -2.12. The Kier molecular flexibility index (Phi) is 6.65. The fraction of sp³-hybridized carbons (Fsp3) is 0.222. The molecule has 25 heavy (non-hydrogen) atoms. The molecule has 0 aliphatic carbocycles. The Morgan fingerprint density at radius 2 is 1.88 bits per heavy atom. The Hall–Kier alpha value is -3.22. The third kappa shape index (κ3) is 5.42. The van der Waals surface area contributed by atoms with E-state index in [1.54, 1.807) is 18.2 Å². The summed E-state index contributed by atoms with van der Waals surface area (Å²) < 4.78 is 5.23. The lowest BCUT2D eigenvalue weighted by molar-refractivity contribution is -0.385. The smallest absolute Gasteiger partial charge is 0.314 e. The van der Waals surface area contributed by atoms with E-state index in [-0.39, 0.29) is 25.1 Å². The molecule has 0 aliphatic rings. The normalized spacial score (nSPS) is 12.0. The molecule has 0 bridgehead atoms. The van der Waals surface area contributed by atoms with E-state index in [9.17, 15) is 14.9 Å². The van der Waals surface area contributed by atoms with Gasteiger partial charge in [-0.15, -0.1) is 5.16 Å². The largest absolute Gasteiger partial charge is 0.460 e. The van der Waals surface area contributed by atoms with E-state index in [0.29, 0.717) is 5.56 Å². The van der Waals surface area contributed by atoms with Crippen molar-refractivity contribution in [2.75, 3.05) is 0 Å². The Bertz CT molecular complexity index is 746. The first-order valence-electron chi connectivity index (χ1n) is 7.72. The third-order valence-corrected chi connectivity index (χ3v) is 3.69. The number of oxime groups is 1. The molecule has 0 spiro atoms. The summed E-state index contributed by atoms with van der Waals surface area (Å²) in [4.78, 5) is 22.8. The molecule has 2 rings (SSSR count). The summed E-state index contributed by atoms with van der Waals surface area (Å²) in [6, 6.07) is 15.5. The van der Waals surface area contributed by atoms with Crippen LogP contribution in [0.15, 0.2) is 59.8 Å². The van der Waals surface area contributed by atoms with Gasteiger partial charge in [-0.05, 0) is 18.4 Å². The number of aryl methyl sites for hydroxylation is 1. The number of carbonyl (C=O) groups excluding carboxylic acids is 1. The predicted octanol–water partition coefficient (Wildman–Crippen LogP) is 3.35. The second-order valence-electron chi connectivity index (χ2n) is 5.39. The maximum atomic E-state index is 12.2. The zero-order valence-corrected chi connectivity index (χ0v) is 13.4. The van der Waals surface area contributed by atoms with Crippen molar-refractivity contribution >= 4 is 17.9 Å². The molecule has 1 atom stereocenters. The minimum absolute atomic E-state index is 0.000148. The number of carbonyl (C=O) groups is 1. The number of nitro groups is 1. The number of ether oxygens (including phenoxy) is 1. The van der Waals surface area contributed by atoms with Gasteiger partial charge >= 0.3 is 5.97 Å². The zero-order chi connectivity index (χ0) is 18.1. The predicted molar refractivity (Wildman–Crippen MR) is 91.4 cm³/mol. The van der Waals surface area contributed by atoms with Crippen LogP contribution < -0.4 is 0 Å². The molecule has 0 heterocycles. The molecule has 0 aromatic heterocycles. The van der Waals surface area contributed by atoms with E-state index >= 15 is 0 Å². The van der Waals surface area contributed by atoms with Crippen LogP contribution in [-0.4, -0.2) is 22.3 Å². The third-order valence-electron chi connectivity index (χ3n) is 3.69. The van der Waals surface area contributed by atoms with Crippen molar-refractivity contribution in [2.45, 2.75) is 19.4 Å². The molecule has 0 fully saturated rings. The van der Waals surface area contributed by atoms with Crippen LogP contribution in [0.25, 0.3) is 0 Å². The van der Waals surface area contributed by atoms with Crippen molar-refractivity contribution in [3.05, 3.63) is 75.8 Å². The summed E-state index contributed by atoms with van der Waals surface area (Å²) in [5, 5.41) is 22.7. The van der Waals surface area contributed by atoms with Gasteiger partial charge in [-0.2, -0.15) is 0 Å². The van der Waals surface area contributed by atoms with Crippen LogP contribution in [-0.2, 0) is 22.6 Å². The van der Waals surface area contributed by atoms with Crippen LogP contribution in [0.1, 0.15) is 17.5 Å². The monoisotopic (exact) mass is 342 g/mol. The number of nitro benzene ring substituents is 1. The molecular formula is C18H18N2O5. The van der Waals surface area contributed by atoms with Gasteiger partial charge in [0.25, 0.3) is 5.69 Å². The number of para-hydroxylation sites is 1. The maximum Gasteiger partial charge on any atom is 0.314 e. The SMILES string of the molecule is O=C(OCc1ccccc1)C(/C=N\O)CCc1ccccc1[N+](=O)[O-]. The minimum atomic E-state index is -0.784. The van der Waals surface area contributed by atoms with E-state index in [2.05, 4.69) is 5.16 Å². The molecule has 0 radical (unpaired) electrons. The molecule has 0 aliphatic heterocycles. The first-order valence-corrected chi connectivity index (χ1v) is 7.72. The van der Waals surface area contributed by atoms with Crippen molar-refractivity contribution in [1.29, 1.82) is 0 Å². The van der Waals surface area contributed by atoms with Gasteiger partial charge in [0.15, 0.2) is 0 Å². The summed E-state index contributed by atoms with van der Waals surface area (Å²) in [6.45, 7) is 0.112. The molecule has 0 saturated heterocycles. The number of esters is 1. The Morgan fingerprint density at radius 3 is 2.56 bits per heavy atom. The van der Waals surface area contributed by atoms with Crippen molar-refractivity contribution < 1.29 is 19.7 Å². The Labute approximate surface area is 144 Å². The number of hydrogen-bond acceptors (Lipinski definition) is 6. The average Bonchev–Trinajstić information content (AvgIpc) is 2.64. The van der Waals surface area contributed by atoms with Crippen LogP contribution in [0, 0.1) is 16.0 Å². The highest BCUT2D eigenvalue weighted by molar-refractivity contribution is 5.89. The summed E-state index contributed by atoms with van der Waals surface area (Å²) >= 11 is 0. The molecule has 2 aromatic carbocycles. The van der Waals surface area contributed by atoms with E-state index in [0.717, 1.165) is 11.8 Å². The van der Waals surface area contributed by atoms with Crippen LogP contribution in [0.4, 0.5) is 5.69 Å². The number of hydrogen-bond donors (Lipinski definition) is 1. The summed E-state index contributed by atoms with van der Waals surface area (Å²) in [5.74, 6) is -1.33. The number of benzene rings is 2. The fourth-order valence-electron chi connectivity index (χ4n) is 2.38. The second-order valence-corrected chi connectivity index (χ2v) is 5.39. The molecule has 130 valence electrons. The van der Waals surface area contributed by atoms with Crippen molar-refractivity contribution in [2.24, 2.45) is 11.1 Å². The van der Waals surface area contributed by atoms with Crippen LogP contribution in [0.5, 0.6) is 0 Å². The maximum absolute atomic E-state index is 12.2. The Balaban J connectivity index is 1.98. The van der Waals surface area contributed by atoms with Crippen LogP contribution in [0.3, 0.4) is 0 Å². The van der Waals surface area contributed by atoms with E-state index in [1.165, 1.54) is 6.07 Å². The molecule has 1 N–H and O–H groups in total.